The van der Waals surface area contributed by atoms with Crippen LogP contribution in [-0.2, 0) is 14.8 Å². The van der Waals surface area contributed by atoms with Crippen LogP contribution in [0.1, 0.15) is 6.42 Å². The van der Waals surface area contributed by atoms with E-state index in [9.17, 15) is 8.42 Å². The highest BCUT2D eigenvalue weighted by atomic mass is 79.9. The minimum atomic E-state index is -3.16. The van der Waals surface area contributed by atoms with E-state index >= 15 is 0 Å². The molecule has 0 aromatic carbocycles. The van der Waals surface area contributed by atoms with E-state index in [2.05, 4.69) is 15.9 Å². The van der Waals surface area contributed by atoms with Gasteiger partial charge in [-0.15, -0.1) is 0 Å². The van der Waals surface area contributed by atoms with Crippen LogP contribution in [0, 0.1) is 0 Å². The molecular weight excluding hydrogens is 302 g/mol. The Morgan fingerprint density at radius 2 is 2.33 bits per heavy atom. The summed E-state index contributed by atoms with van der Waals surface area (Å²) >= 11 is 4.84. The number of thioether (sulfide) groups is 1. The summed E-state index contributed by atoms with van der Waals surface area (Å²) in [6.45, 7) is 0.906. The lowest BCUT2D eigenvalue weighted by atomic mass is 10.3. The third-order valence-corrected chi connectivity index (χ3v) is 6.68. The Kier molecular flexibility index (Phi) is 5.91. The molecule has 1 fully saturated rings. The van der Waals surface area contributed by atoms with Crippen molar-refractivity contribution in [3.8, 4) is 0 Å². The maximum atomic E-state index is 11.8. The molecule has 0 amide bonds. The van der Waals surface area contributed by atoms with Gasteiger partial charge in [0, 0.05) is 25.4 Å². The Hall–Kier alpha value is 0.700. The quantitative estimate of drug-likeness (QED) is 0.689. The normalized spacial score (nSPS) is 22.5. The molecule has 0 bridgehead atoms. The highest BCUT2D eigenvalue weighted by Crippen LogP contribution is 2.24. The first-order chi connectivity index (χ1) is 7.11. The standard InChI is InChI=1S/C8H16BrNO3S2/c1-13-4-3-10(15(11,12)7-9)8-2-5-14-6-8/h8H,2-7H2,1H3. The number of alkyl halides is 1. The zero-order valence-corrected chi connectivity index (χ0v) is 11.9. The molecule has 0 aromatic heterocycles. The van der Waals surface area contributed by atoms with Crippen molar-refractivity contribution < 1.29 is 13.2 Å². The van der Waals surface area contributed by atoms with Gasteiger partial charge in [0.2, 0.25) is 10.0 Å². The fourth-order valence-corrected chi connectivity index (χ4v) is 4.76. The van der Waals surface area contributed by atoms with Gasteiger partial charge >= 0.3 is 0 Å². The van der Waals surface area contributed by atoms with Crippen molar-refractivity contribution in [1.29, 1.82) is 0 Å². The largest absolute Gasteiger partial charge is 0.383 e. The lowest BCUT2D eigenvalue weighted by Crippen LogP contribution is -2.42. The van der Waals surface area contributed by atoms with Gasteiger partial charge in [-0.25, -0.2) is 8.42 Å². The molecule has 15 heavy (non-hydrogen) atoms. The summed E-state index contributed by atoms with van der Waals surface area (Å²) in [5.41, 5.74) is 0. The number of methoxy groups -OCH3 is 1. The summed E-state index contributed by atoms with van der Waals surface area (Å²) in [4.78, 5) is 0. The van der Waals surface area contributed by atoms with Crippen molar-refractivity contribution in [1.82, 2.24) is 4.31 Å². The van der Waals surface area contributed by atoms with Gasteiger partial charge in [0.05, 0.1) is 6.61 Å². The van der Waals surface area contributed by atoms with Crippen molar-refractivity contribution in [3.05, 3.63) is 0 Å². The van der Waals surface area contributed by atoms with Gasteiger partial charge in [-0.05, 0) is 12.2 Å². The van der Waals surface area contributed by atoms with Gasteiger partial charge in [-0.1, -0.05) is 15.9 Å². The minimum Gasteiger partial charge on any atom is -0.383 e. The number of ether oxygens (including phenoxy) is 1. The summed E-state index contributed by atoms with van der Waals surface area (Å²) in [5, 5.41) is 0. The molecule has 0 aromatic rings. The molecule has 0 saturated carbocycles. The zero-order valence-electron chi connectivity index (χ0n) is 8.69. The van der Waals surface area contributed by atoms with Crippen LogP contribution in [0.5, 0.6) is 0 Å². The molecule has 4 nitrogen and oxygen atoms in total. The number of hydrogen-bond donors (Lipinski definition) is 0. The SMILES string of the molecule is COCCN(C1CCSC1)S(=O)(=O)CBr. The summed E-state index contributed by atoms with van der Waals surface area (Å²) in [6.07, 6.45) is 0.945. The Morgan fingerprint density at radius 1 is 1.60 bits per heavy atom. The molecule has 1 heterocycles. The average Bonchev–Trinajstić information content (AvgIpc) is 2.71. The van der Waals surface area contributed by atoms with E-state index in [0.717, 1.165) is 17.9 Å². The molecule has 0 spiro atoms. The molecule has 1 aliphatic heterocycles. The second kappa shape index (κ2) is 6.44. The minimum absolute atomic E-state index is 0.00905. The summed E-state index contributed by atoms with van der Waals surface area (Å²) in [6, 6.07) is 0.146. The van der Waals surface area contributed by atoms with Crippen LogP contribution in [0.15, 0.2) is 0 Å². The van der Waals surface area contributed by atoms with E-state index < -0.39 is 10.0 Å². The highest BCUT2D eigenvalue weighted by molar-refractivity contribution is 9.10. The molecule has 0 radical (unpaired) electrons. The van der Waals surface area contributed by atoms with Crippen LogP contribution in [0.25, 0.3) is 0 Å². The maximum absolute atomic E-state index is 11.8. The predicted octanol–water partition coefficient (Wildman–Crippen LogP) is 1.12. The van der Waals surface area contributed by atoms with E-state index in [1.54, 1.807) is 11.4 Å². The Morgan fingerprint density at radius 3 is 2.80 bits per heavy atom. The fourth-order valence-electron chi connectivity index (χ4n) is 1.54. The molecule has 1 unspecified atom stereocenters. The van der Waals surface area contributed by atoms with E-state index in [1.807, 2.05) is 11.8 Å². The molecular formula is C8H16BrNO3S2. The molecule has 0 N–H and O–H groups in total. The van der Waals surface area contributed by atoms with Crippen LogP contribution in [0.4, 0.5) is 0 Å². The van der Waals surface area contributed by atoms with E-state index in [4.69, 9.17) is 4.74 Å². The van der Waals surface area contributed by atoms with Crippen LogP contribution < -0.4 is 0 Å². The number of nitrogens with zero attached hydrogens (tertiary/aromatic N) is 1. The molecule has 0 aliphatic carbocycles. The van der Waals surface area contributed by atoms with Crippen LogP contribution >= 0.6 is 27.7 Å². The second-order valence-electron chi connectivity index (χ2n) is 3.34. The number of sulfonamides is 1. The van der Waals surface area contributed by atoms with Crippen LogP contribution in [0.2, 0.25) is 0 Å². The van der Waals surface area contributed by atoms with Gasteiger partial charge in [-0.3, -0.25) is 0 Å². The fraction of sp³-hybridized carbons (Fsp3) is 1.00. The smallest absolute Gasteiger partial charge is 0.224 e. The molecule has 1 atom stereocenters. The summed E-state index contributed by atoms with van der Waals surface area (Å²) < 4.78 is 30.1. The number of hydrogen-bond acceptors (Lipinski definition) is 4. The van der Waals surface area contributed by atoms with Gasteiger partial charge in [0.15, 0.2) is 0 Å². The highest BCUT2D eigenvalue weighted by Gasteiger charge is 2.31. The third-order valence-electron chi connectivity index (χ3n) is 2.32. The van der Waals surface area contributed by atoms with Gasteiger partial charge < -0.3 is 4.74 Å². The average molecular weight is 318 g/mol. The molecule has 1 aliphatic rings. The molecule has 1 saturated heterocycles. The Bertz CT molecular complexity index is 278. The molecule has 90 valence electrons. The first-order valence-corrected chi connectivity index (χ1v) is 8.62. The first-order valence-electron chi connectivity index (χ1n) is 4.74. The Labute approximate surface area is 104 Å². The van der Waals surface area contributed by atoms with Gasteiger partial charge in [-0.2, -0.15) is 16.1 Å². The Balaban J connectivity index is 2.68. The lowest BCUT2D eigenvalue weighted by molar-refractivity contribution is 0.169. The van der Waals surface area contributed by atoms with E-state index in [0.29, 0.717) is 13.2 Å². The topological polar surface area (TPSA) is 46.6 Å². The molecule has 1 rings (SSSR count). The van der Waals surface area contributed by atoms with Crippen LogP contribution in [-0.4, -0.2) is 55.2 Å². The predicted molar refractivity (Wildman–Crippen MR) is 67.0 cm³/mol. The number of rotatable bonds is 6. The van der Waals surface area contributed by atoms with Gasteiger partial charge in [0.1, 0.15) is 4.66 Å². The lowest BCUT2D eigenvalue weighted by Gasteiger charge is -2.26. The second-order valence-corrected chi connectivity index (χ2v) is 7.72. The first kappa shape index (κ1) is 13.8. The monoisotopic (exact) mass is 317 g/mol. The zero-order chi connectivity index (χ0) is 11.3. The molecule has 7 heteroatoms. The van der Waals surface area contributed by atoms with Crippen LogP contribution in [0.3, 0.4) is 0 Å². The van der Waals surface area contributed by atoms with Crippen molar-refractivity contribution in [2.24, 2.45) is 0 Å². The van der Waals surface area contributed by atoms with Gasteiger partial charge in [0.25, 0.3) is 0 Å². The third kappa shape index (κ3) is 3.89. The van der Waals surface area contributed by atoms with E-state index in [-0.39, 0.29) is 10.7 Å². The van der Waals surface area contributed by atoms with E-state index in [1.165, 1.54) is 0 Å². The van der Waals surface area contributed by atoms with Crippen molar-refractivity contribution in [3.63, 3.8) is 0 Å². The summed E-state index contributed by atoms with van der Waals surface area (Å²) in [7, 11) is -1.57. The van der Waals surface area contributed by atoms with Crippen molar-refractivity contribution in [2.75, 3.05) is 36.4 Å². The van der Waals surface area contributed by atoms with Crippen molar-refractivity contribution >= 4 is 37.7 Å². The number of halogens is 1. The van der Waals surface area contributed by atoms with Crippen molar-refractivity contribution in [2.45, 2.75) is 12.5 Å². The summed E-state index contributed by atoms with van der Waals surface area (Å²) in [5.74, 6) is 1.95. The maximum Gasteiger partial charge on any atom is 0.224 e.